The van der Waals surface area contributed by atoms with Crippen LogP contribution in [0.15, 0.2) is 0 Å². The third-order valence-corrected chi connectivity index (χ3v) is 5.02. The van der Waals surface area contributed by atoms with Crippen molar-refractivity contribution >= 4 is 12.1 Å². The third kappa shape index (κ3) is 3.69. The molecule has 2 fully saturated rings. The average Bonchev–Trinajstić information content (AvgIpc) is 2.70. The van der Waals surface area contributed by atoms with E-state index < -0.39 is 11.6 Å². The minimum absolute atomic E-state index is 0.127. The van der Waals surface area contributed by atoms with Crippen molar-refractivity contribution in [2.24, 2.45) is 23.7 Å². The van der Waals surface area contributed by atoms with E-state index >= 15 is 0 Å². The van der Waals surface area contributed by atoms with E-state index in [4.69, 9.17) is 4.74 Å². The second-order valence-electron chi connectivity index (χ2n) is 7.54. The summed E-state index contributed by atoms with van der Waals surface area (Å²) in [5, 5.41) is 12.3. The molecule has 2 N–H and O–H groups in total. The van der Waals surface area contributed by atoms with Gasteiger partial charge in [0.2, 0.25) is 0 Å². The monoisotopic (exact) mass is 297 g/mol. The smallest absolute Gasteiger partial charge is 0.407 e. The average molecular weight is 297 g/mol. The van der Waals surface area contributed by atoms with Gasteiger partial charge in [0.25, 0.3) is 0 Å². The summed E-state index contributed by atoms with van der Waals surface area (Å²) in [4.78, 5) is 23.2. The van der Waals surface area contributed by atoms with Gasteiger partial charge in [-0.15, -0.1) is 0 Å². The van der Waals surface area contributed by atoms with Crippen LogP contribution in [0.5, 0.6) is 0 Å². The minimum atomic E-state index is -0.676. The molecule has 1 amide bonds. The molecule has 0 aromatic carbocycles. The topological polar surface area (TPSA) is 75.6 Å². The van der Waals surface area contributed by atoms with E-state index in [1.165, 1.54) is 0 Å². The molecular weight excluding hydrogens is 270 g/mol. The number of aliphatic carboxylic acids is 1. The molecule has 0 bridgehead atoms. The molecule has 0 spiro atoms. The summed E-state index contributed by atoms with van der Waals surface area (Å²) in [6.07, 6.45) is 3.15. The number of rotatable bonds is 2. The number of amides is 1. The third-order valence-electron chi connectivity index (χ3n) is 5.02. The summed E-state index contributed by atoms with van der Waals surface area (Å²) in [5.74, 6) is 0.0746. The van der Waals surface area contributed by atoms with Crippen molar-refractivity contribution < 1.29 is 19.4 Å². The zero-order valence-corrected chi connectivity index (χ0v) is 13.4. The molecule has 0 heterocycles. The molecule has 2 rings (SSSR count). The lowest BCUT2D eigenvalue weighted by atomic mass is 9.68. The van der Waals surface area contributed by atoms with Gasteiger partial charge in [0, 0.05) is 6.04 Å². The van der Waals surface area contributed by atoms with E-state index in [1.807, 2.05) is 27.7 Å². The Morgan fingerprint density at radius 2 is 1.71 bits per heavy atom. The highest BCUT2D eigenvalue weighted by Crippen LogP contribution is 2.47. The molecule has 2 aliphatic carbocycles. The van der Waals surface area contributed by atoms with E-state index in [0.29, 0.717) is 18.3 Å². The molecule has 0 aromatic rings. The van der Waals surface area contributed by atoms with Gasteiger partial charge in [-0.25, -0.2) is 4.79 Å². The molecule has 120 valence electrons. The fraction of sp³-hybridized carbons (Fsp3) is 0.875. The first-order chi connectivity index (χ1) is 9.69. The molecule has 21 heavy (non-hydrogen) atoms. The van der Waals surface area contributed by atoms with Crippen molar-refractivity contribution in [2.75, 3.05) is 0 Å². The minimum Gasteiger partial charge on any atom is -0.481 e. The molecular formula is C16H27NO4. The van der Waals surface area contributed by atoms with Crippen LogP contribution in [0, 0.1) is 23.7 Å². The van der Waals surface area contributed by atoms with Crippen molar-refractivity contribution in [3.8, 4) is 0 Å². The van der Waals surface area contributed by atoms with Crippen molar-refractivity contribution in [1.29, 1.82) is 0 Å². The van der Waals surface area contributed by atoms with Crippen LogP contribution in [0.4, 0.5) is 4.79 Å². The molecule has 0 aromatic heterocycles. The van der Waals surface area contributed by atoms with Crippen LogP contribution in [-0.4, -0.2) is 28.8 Å². The summed E-state index contributed by atoms with van der Waals surface area (Å²) >= 11 is 0. The lowest BCUT2D eigenvalue weighted by molar-refractivity contribution is -0.146. The fourth-order valence-corrected chi connectivity index (χ4v) is 4.09. The van der Waals surface area contributed by atoms with Crippen LogP contribution in [0.3, 0.4) is 0 Å². The van der Waals surface area contributed by atoms with Crippen LogP contribution in [0.1, 0.15) is 53.4 Å². The maximum absolute atomic E-state index is 11.9. The van der Waals surface area contributed by atoms with Gasteiger partial charge in [0.1, 0.15) is 5.60 Å². The number of nitrogens with one attached hydrogen (secondary N) is 1. The quantitative estimate of drug-likeness (QED) is 0.821. The highest BCUT2D eigenvalue weighted by molar-refractivity contribution is 5.70. The van der Waals surface area contributed by atoms with Gasteiger partial charge in [-0.2, -0.15) is 0 Å². The van der Waals surface area contributed by atoms with Crippen LogP contribution in [0.2, 0.25) is 0 Å². The van der Waals surface area contributed by atoms with Crippen LogP contribution < -0.4 is 5.32 Å². The molecule has 0 saturated heterocycles. The lowest BCUT2D eigenvalue weighted by Gasteiger charge is -2.38. The van der Waals surface area contributed by atoms with Crippen LogP contribution in [0.25, 0.3) is 0 Å². The number of carboxylic acids is 1. The predicted octanol–water partition coefficient (Wildman–Crippen LogP) is 3.04. The molecule has 2 aliphatic rings. The summed E-state index contributed by atoms with van der Waals surface area (Å²) < 4.78 is 5.32. The van der Waals surface area contributed by atoms with Gasteiger partial charge >= 0.3 is 12.1 Å². The van der Waals surface area contributed by atoms with Gasteiger partial charge in [-0.1, -0.05) is 6.92 Å². The molecule has 5 heteroatoms. The number of alkyl carbamates (subject to hydrolysis) is 1. The second-order valence-corrected chi connectivity index (χ2v) is 7.54. The van der Waals surface area contributed by atoms with Gasteiger partial charge < -0.3 is 15.2 Å². The number of carbonyl (C=O) groups excluding carboxylic acids is 1. The molecule has 0 radical (unpaired) electrons. The zero-order valence-electron chi connectivity index (χ0n) is 13.4. The van der Waals surface area contributed by atoms with E-state index in [0.717, 1.165) is 19.3 Å². The molecule has 3 unspecified atom stereocenters. The number of hydrogen-bond donors (Lipinski definition) is 2. The molecule has 5 nitrogen and oxygen atoms in total. The standard InChI is InChI=1S/C16H27NO4/c1-9-10-7-8-13(17-15(20)21-16(2,3)4)12(10)6-5-11(9)14(18)19/h9-13H,5-8H2,1-4H3,(H,17,20)(H,18,19)/t9?,10?,11-,12?,13-/m0/s1. The number of carboxylic acid groups (broad SMARTS) is 1. The highest BCUT2D eigenvalue weighted by atomic mass is 16.6. The first-order valence-electron chi connectivity index (χ1n) is 7.91. The summed E-state index contributed by atoms with van der Waals surface area (Å²) in [5.41, 5.74) is -0.490. The molecule has 2 saturated carbocycles. The number of carbonyl (C=O) groups is 2. The fourth-order valence-electron chi connectivity index (χ4n) is 4.09. The Bertz CT molecular complexity index is 415. The van der Waals surface area contributed by atoms with Crippen molar-refractivity contribution in [2.45, 2.75) is 65.0 Å². The van der Waals surface area contributed by atoms with E-state index in [1.54, 1.807) is 0 Å². The number of hydrogen-bond acceptors (Lipinski definition) is 3. The van der Waals surface area contributed by atoms with Gasteiger partial charge in [-0.05, 0) is 64.2 Å². The van der Waals surface area contributed by atoms with Crippen molar-refractivity contribution in [1.82, 2.24) is 5.32 Å². The Kier molecular flexibility index (Phi) is 4.49. The molecule has 0 aliphatic heterocycles. The Morgan fingerprint density at radius 3 is 2.29 bits per heavy atom. The highest BCUT2D eigenvalue weighted by Gasteiger charge is 2.46. The van der Waals surface area contributed by atoms with Crippen LogP contribution >= 0.6 is 0 Å². The summed E-state index contributed by atoms with van der Waals surface area (Å²) in [6, 6.07) is 0.127. The Labute approximate surface area is 126 Å². The Hall–Kier alpha value is -1.26. The number of fused-ring (bicyclic) bond motifs is 1. The summed E-state index contributed by atoms with van der Waals surface area (Å²) in [6.45, 7) is 7.60. The Morgan fingerprint density at radius 1 is 1.10 bits per heavy atom. The van der Waals surface area contributed by atoms with Gasteiger partial charge in [0.15, 0.2) is 0 Å². The van der Waals surface area contributed by atoms with Gasteiger partial charge in [0.05, 0.1) is 5.92 Å². The van der Waals surface area contributed by atoms with Crippen LogP contribution in [-0.2, 0) is 9.53 Å². The SMILES string of the molecule is CC1C2CC[C@H](NC(=O)OC(C)(C)C)C2CC[C@@H]1C(=O)O. The van der Waals surface area contributed by atoms with E-state index in [-0.39, 0.29) is 24.0 Å². The maximum atomic E-state index is 11.9. The van der Waals surface area contributed by atoms with E-state index in [9.17, 15) is 14.7 Å². The second kappa shape index (κ2) is 5.85. The Balaban J connectivity index is 1.95. The first-order valence-corrected chi connectivity index (χ1v) is 7.91. The van der Waals surface area contributed by atoms with Gasteiger partial charge in [-0.3, -0.25) is 4.79 Å². The predicted molar refractivity (Wildman–Crippen MR) is 78.9 cm³/mol. The van der Waals surface area contributed by atoms with Crippen molar-refractivity contribution in [3.05, 3.63) is 0 Å². The zero-order chi connectivity index (χ0) is 15.8. The lowest BCUT2D eigenvalue weighted by Crippen LogP contribution is -2.45. The number of ether oxygens (including phenoxy) is 1. The normalized spacial score (nSPS) is 35.9. The summed E-state index contributed by atoms with van der Waals surface area (Å²) in [7, 11) is 0. The maximum Gasteiger partial charge on any atom is 0.407 e. The molecule has 5 atom stereocenters. The van der Waals surface area contributed by atoms with Crippen molar-refractivity contribution in [3.63, 3.8) is 0 Å². The van der Waals surface area contributed by atoms with E-state index in [2.05, 4.69) is 5.32 Å². The largest absolute Gasteiger partial charge is 0.481 e. The first kappa shape index (κ1) is 16.1.